The number of aliphatic carboxylic acids is 1. The van der Waals surface area contributed by atoms with Gasteiger partial charge in [0, 0.05) is 61.0 Å². The van der Waals surface area contributed by atoms with E-state index in [0.29, 0.717) is 55.0 Å². The average Bonchev–Trinajstić information content (AvgIpc) is 3.50. The number of carbonyl (C=O) groups is 3. The molecule has 0 radical (unpaired) electrons. The van der Waals surface area contributed by atoms with Gasteiger partial charge in [0.15, 0.2) is 0 Å². The minimum Gasteiger partial charge on any atom is -0.550 e. The van der Waals surface area contributed by atoms with Crippen molar-refractivity contribution in [2.24, 2.45) is 23.8 Å². The van der Waals surface area contributed by atoms with E-state index >= 15 is 0 Å². The molecule has 2 aliphatic heterocycles. The van der Waals surface area contributed by atoms with E-state index in [1.165, 1.54) is 7.05 Å². The zero-order valence-electron chi connectivity index (χ0n) is 25.3. The Bertz CT molecular complexity index is 1470. The van der Waals surface area contributed by atoms with Gasteiger partial charge in [-0.25, -0.2) is 13.5 Å². The van der Waals surface area contributed by atoms with Crippen LogP contribution in [0.3, 0.4) is 0 Å². The number of hydrogen-bond acceptors (Lipinski definition) is 7. The number of carboxylic acids is 1. The number of carbonyl (C=O) groups excluding carboxylic acids is 3. The molecule has 2 aliphatic carbocycles. The number of hydrogen-bond donors (Lipinski definition) is 0. The Hall–Kier alpha value is -1.64. The van der Waals surface area contributed by atoms with Crippen molar-refractivity contribution >= 4 is 29.4 Å². The number of benzene rings is 1. The number of fused-ring (bicyclic) bond motifs is 1. The number of ether oxygens (including phenoxy) is 1. The molecule has 1 aromatic carbocycles. The van der Waals surface area contributed by atoms with Crippen LogP contribution >= 0.6 is 11.6 Å². The van der Waals surface area contributed by atoms with E-state index in [2.05, 4.69) is 10.3 Å². The maximum atomic E-state index is 14.3. The van der Waals surface area contributed by atoms with Crippen LogP contribution < -0.4 is 61.2 Å². The van der Waals surface area contributed by atoms with Crippen LogP contribution in [0.4, 0.5) is 8.78 Å². The Morgan fingerprint density at radius 2 is 1.98 bits per heavy atom. The standard InChI is InChI=1S/C30H36ClF2N5O5.K/c1-29(28(41)42)9-4-3-5-18(29)27(40)38-12-8-17-19(31)6-7-22(43-15-20-25(26(32)33)36(2)35-34-20)24(17)21(38)14-37-16-30(10-11-30)13-23(37)39;/h6-7,18,21,26H,3-5,8-16H2,1-2H3,(H,41,42);/q;+1/p-1/t18-,21+,29-;/m0./s1. The second kappa shape index (κ2) is 12.9. The molecule has 1 aromatic heterocycles. The number of halogens is 3. The number of nitrogens with zero attached hydrogens (tertiary/aromatic N) is 5. The molecule has 2 aromatic rings. The van der Waals surface area contributed by atoms with Gasteiger partial charge in [-0.15, -0.1) is 5.10 Å². The van der Waals surface area contributed by atoms with Crippen molar-refractivity contribution in [1.82, 2.24) is 24.8 Å². The molecule has 10 nitrogen and oxygen atoms in total. The first-order chi connectivity index (χ1) is 20.4. The molecule has 1 saturated heterocycles. The minimum atomic E-state index is -2.80. The molecule has 2 saturated carbocycles. The number of carboxylic acid groups (broad SMARTS) is 1. The number of likely N-dealkylation sites (tertiary alicyclic amines) is 1. The molecule has 4 aliphatic rings. The van der Waals surface area contributed by atoms with Crippen LogP contribution in [0.15, 0.2) is 12.1 Å². The van der Waals surface area contributed by atoms with Gasteiger partial charge in [-0.1, -0.05) is 36.6 Å². The molecule has 0 N–H and O–H groups in total. The molecule has 6 rings (SSSR count). The van der Waals surface area contributed by atoms with Crippen LogP contribution in [0.2, 0.25) is 5.02 Å². The van der Waals surface area contributed by atoms with E-state index in [-0.39, 0.29) is 99.7 Å². The monoisotopic (exact) mass is 657 g/mol. The Kier molecular flexibility index (Phi) is 9.86. The third-order valence-electron chi connectivity index (χ3n) is 10.1. The van der Waals surface area contributed by atoms with Crippen LogP contribution in [0, 0.1) is 16.7 Å². The second-order valence-corrected chi connectivity index (χ2v) is 13.2. The zero-order chi connectivity index (χ0) is 30.7. The molecule has 14 heteroatoms. The number of aryl methyl sites for hydroxylation is 1. The molecule has 2 amide bonds. The Balaban J connectivity index is 0.00000384. The average molecular weight is 658 g/mol. The van der Waals surface area contributed by atoms with Gasteiger partial charge in [-0.05, 0) is 55.2 Å². The van der Waals surface area contributed by atoms with Gasteiger partial charge in [-0.3, -0.25) is 9.59 Å². The zero-order valence-corrected chi connectivity index (χ0v) is 29.2. The van der Waals surface area contributed by atoms with Crippen molar-refractivity contribution in [1.29, 1.82) is 0 Å². The Morgan fingerprint density at radius 1 is 1.23 bits per heavy atom. The summed E-state index contributed by atoms with van der Waals surface area (Å²) in [5, 5.41) is 20.3. The first-order valence-corrected chi connectivity index (χ1v) is 15.2. The van der Waals surface area contributed by atoms with Crippen LogP contribution in [0.1, 0.15) is 86.9 Å². The molecule has 0 unspecified atom stereocenters. The summed E-state index contributed by atoms with van der Waals surface area (Å²) in [7, 11) is 1.38. The third kappa shape index (κ3) is 6.08. The number of alkyl halides is 2. The molecule has 3 atom stereocenters. The molecule has 44 heavy (non-hydrogen) atoms. The van der Waals surface area contributed by atoms with Gasteiger partial charge < -0.3 is 24.4 Å². The third-order valence-corrected chi connectivity index (χ3v) is 10.5. The predicted molar refractivity (Wildman–Crippen MR) is 148 cm³/mol. The van der Waals surface area contributed by atoms with Crippen LogP contribution in [-0.4, -0.2) is 62.2 Å². The molecular formula is C30H35ClF2KN5O5. The normalized spacial score (nSPS) is 25.6. The molecule has 232 valence electrons. The van der Waals surface area contributed by atoms with Crippen LogP contribution in [-0.2, 0) is 34.5 Å². The van der Waals surface area contributed by atoms with E-state index in [1.807, 2.05) is 0 Å². The van der Waals surface area contributed by atoms with Crippen molar-refractivity contribution in [2.45, 2.75) is 77.4 Å². The Labute approximate surface area is 302 Å². The number of rotatable bonds is 8. The fraction of sp³-hybridized carbons (Fsp3) is 0.633. The quantitative estimate of drug-likeness (QED) is 0.377. The van der Waals surface area contributed by atoms with Crippen LogP contribution in [0.5, 0.6) is 5.75 Å². The molecular weight excluding hydrogens is 623 g/mol. The van der Waals surface area contributed by atoms with Gasteiger partial charge >= 0.3 is 51.4 Å². The first-order valence-electron chi connectivity index (χ1n) is 14.8. The predicted octanol–water partition coefficient (Wildman–Crippen LogP) is 0.374. The molecule has 3 heterocycles. The fourth-order valence-electron chi connectivity index (χ4n) is 7.33. The second-order valence-electron chi connectivity index (χ2n) is 12.8. The van der Waals surface area contributed by atoms with Gasteiger partial charge in [0.2, 0.25) is 11.8 Å². The van der Waals surface area contributed by atoms with Crippen molar-refractivity contribution in [2.75, 3.05) is 19.6 Å². The van der Waals surface area contributed by atoms with Crippen LogP contribution in [0.25, 0.3) is 0 Å². The summed E-state index contributed by atoms with van der Waals surface area (Å²) < 4.78 is 34.5. The van der Waals surface area contributed by atoms with Crippen molar-refractivity contribution in [3.8, 4) is 5.75 Å². The van der Waals surface area contributed by atoms with Gasteiger partial charge in [0.25, 0.3) is 6.43 Å². The van der Waals surface area contributed by atoms with E-state index in [9.17, 15) is 28.3 Å². The summed E-state index contributed by atoms with van der Waals surface area (Å²) in [6, 6.07) is 2.64. The van der Waals surface area contributed by atoms with E-state index in [0.717, 1.165) is 29.5 Å². The summed E-state index contributed by atoms with van der Waals surface area (Å²) in [4.78, 5) is 43.3. The SMILES string of the molecule is Cn1nnc(COc2ccc(Cl)c3c2[C@@H](CN2CC4(CC4)CC2=O)N(C(=O)[C@@H]2CCCC[C@]2(C)C(=O)[O-])CC3)c1C(F)F.[K+]. The Morgan fingerprint density at radius 3 is 2.64 bits per heavy atom. The van der Waals surface area contributed by atoms with E-state index in [4.69, 9.17) is 16.3 Å². The topological polar surface area (TPSA) is 121 Å². The summed E-state index contributed by atoms with van der Waals surface area (Å²) in [6.45, 7) is 2.36. The molecule has 0 bridgehead atoms. The molecule has 1 spiro atoms. The van der Waals surface area contributed by atoms with Gasteiger partial charge in [-0.2, -0.15) is 0 Å². The number of amides is 2. The summed E-state index contributed by atoms with van der Waals surface area (Å²) in [5.41, 5.74) is -0.338. The van der Waals surface area contributed by atoms with Crippen molar-refractivity contribution < 1.29 is 84.4 Å². The summed E-state index contributed by atoms with van der Waals surface area (Å²) in [6.07, 6.45) is 2.20. The first kappa shape index (κ1) is 33.7. The summed E-state index contributed by atoms with van der Waals surface area (Å²) in [5.74, 6) is -1.96. The number of aromatic nitrogens is 3. The molecule has 3 fully saturated rings. The van der Waals surface area contributed by atoms with Gasteiger partial charge in [0.1, 0.15) is 23.7 Å². The van der Waals surface area contributed by atoms with Gasteiger partial charge in [0.05, 0.1) is 6.04 Å². The van der Waals surface area contributed by atoms with Crippen molar-refractivity contribution in [3.63, 3.8) is 0 Å². The maximum Gasteiger partial charge on any atom is 1.00 e. The van der Waals surface area contributed by atoms with Crippen molar-refractivity contribution in [3.05, 3.63) is 39.7 Å². The van der Waals surface area contributed by atoms with E-state index in [1.54, 1.807) is 28.9 Å². The largest absolute Gasteiger partial charge is 1.00 e. The minimum absolute atomic E-state index is 0. The fourth-order valence-corrected chi connectivity index (χ4v) is 7.58. The van der Waals surface area contributed by atoms with E-state index < -0.39 is 29.8 Å². The smallest absolute Gasteiger partial charge is 0.550 e. The maximum absolute atomic E-state index is 14.3. The summed E-state index contributed by atoms with van der Waals surface area (Å²) >= 11 is 6.68.